The number of carbonyl (C=O) groups is 1. The van der Waals surface area contributed by atoms with Crippen molar-refractivity contribution >= 4 is 17.3 Å². The van der Waals surface area contributed by atoms with E-state index in [2.05, 4.69) is 63.9 Å². The lowest BCUT2D eigenvalue weighted by Gasteiger charge is -2.31. The number of carbonyl (C=O) groups excluding carboxylic acids is 1. The van der Waals surface area contributed by atoms with Crippen molar-refractivity contribution in [3.05, 3.63) is 107 Å². The third-order valence-electron chi connectivity index (χ3n) is 6.86. The first-order valence-electron chi connectivity index (χ1n) is 18.1. The lowest BCUT2D eigenvalue weighted by atomic mass is 9.81. The van der Waals surface area contributed by atoms with E-state index in [0.29, 0.717) is 12.0 Å². The zero-order valence-corrected chi connectivity index (χ0v) is 32.3. The van der Waals surface area contributed by atoms with Crippen LogP contribution in [0.4, 0.5) is 0 Å². The third-order valence-corrected chi connectivity index (χ3v) is 6.86. The largest absolute Gasteiger partial charge is 0.295 e. The molecule has 3 heteroatoms. The Kier molecular flexibility index (Phi) is 33.8. The van der Waals surface area contributed by atoms with E-state index < -0.39 is 0 Å². The second-order valence-electron chi connectivity index (χ2n) is 9.99. The van der Waals surface area contributed by atoms with Crippen LogP contribution in [0.5, 0.6) is 0 Å². The molecule has 0 radical (unpaired) electrons. The summed E-state index contributed by atoms with van der Waals surface area (Å²) in [6.45, 7) is 28.1. The number of nitrogens with zero attached hydrogens (tertiary/aromatic N) is 2. The van der Waals surface area contributed by atoms with Crippen LogP contribution in [0, 0.1) is 19.8 Å². The predicted molar refractivity (Wildman–Crippen MR) is 210 cm³/mol. The molecule has 1 aliphatic heterocycles. The highest BCUT2D eigenvalue weighted by Crippen LogP contribution is 2.30. The van der Waals surface area contributed by atoms with Crippen LogP contribution in [0.1, 0.15) is 142 Å². The zero-order valence-electron chi connectivity index (χ0n) is 32.3. The SMILES string of the molecule is CC.CC.CC.CC.CCC1=NC2CCCCC2C(C)=N1.CCc1ccccc1C(C)=O.Cc1ccccc1.Cc1ccccc1. The van der Waals surface area contributed by atoms with Crippen LogP contribution in [-0.4, -0.2) is 23.4 Å². The average molecular weight is 631 g/mol. The molecular weight excluding hydrogens is 560 g/mol. The Bertz CT molecular complexity index is 1110. The van der Waals surface area contributed by atoms with Crippen molar-refractivity contribution in [2.45, 2.75) is 141 Å². The van der Waals surface area contributed by atoms with Crippen LogP contribution in [0.2, 0.25) is 0 Å². The second-order valence-corrected chi connectivity index (χ2v) is 9.99. The molecule has 258 valence electrons. The van der Waals surface area contributed by atoms with Gasteiger partial charge in [-0.15, -0.1) is 0 Å². The molecule has 1 heterocycles. The topological polar surface area (TPSA) is 41.8 Å². The number of Topliss-reactive ketones (excluding diaryl/α,β-unsaturated/α-hetero) is 1. The van der Waals surface area contributed by atoms with Crippen LogP contribution in [-0.2, 0) is 6.42 Å². The Morgan fingerprint density at radius 2 is 1.07 bits per heavy atom. The fourth-order valence-corrected chi connectivity index (χ4v) is 4.67. The van der Waals surface area contributed by atoms with Gasteiger partial charge in [-0.3, -0.25) is 9.79 Å². The van der Waals surface area contributed by atoms with E-state index in [1.165, 1.54) is 42.5 Å². The first kappa shape index (κ1) is 47.1. The number of hydrogen-bond donors (Lipinski definition) is 0. The van der Waals surface area contributed by atoms with Gasteiger partial charge in [0.25, 0.3) is 0 Å². The van der Waals surface area contributed by atoms with Crippen molar-refractivity contribution in [2.75, 3.05) is 0 Å². The van der Waals surface area contributed by atoms with Gasteiger partial charge in [-0.2, -0.15) is 0 Å². The van der Waals surface area contributed by atoms with Crippen LogP contribution in [0.3, 0.4) is 0 Å². The minimum atomic E-state index is 0.155. The molecule has 2 unspecified atom stereocenters. The van der Waals surface area contributed by atoms with Crippen LogP contribution >= 0.6 is 0 Å². The molecule has 3 aromatic carbocycles. The minimum Gasteiger partial charge on any atom is -0.295 e. The third kappa shape index (κ3) is 21.4. The molecule has 1 saturated carbocycles. The smallest absolute Gasteiger partial charge is 0.160 e. The Morgan fingerprint density at radius 3 is 1.43 bits per heavy atom. The Balaban J connectivity index is -0.000000511. The molecule has 1 fully saturated rings. The predicted octanol–water partition coefficient (Wildman–Crippen LogP) is 13.4. The molecule has 2 aliphatic rings. The number of benzene rings is 3. The summed E-state index contributed by atoms with van der Waals surface area (Å²) in [5, 5.41) is 0. The van der Waals surface area contributed by atoms with Gasteiger partial charge >= 0.3 is 0 Å². The van der Waals surface area contributed by atoms with Gasteiger partial charge in [0, 0.05) is 23.6 Å². The van der Waals surface area contributed by atoms with Gasteiger partial charge in [0.1, 0.15) is 5.84 Å². The summed E-state index contributed by atoms with van der Waals surface area (Å²) in [5.41, 5.74) is 5.97. The number of fused-ring (bicyclic) bond motifs is 1. The highest BCUT2D eigenvalue weighted by molar-refractivity contribution is 6.00. The van der Waals surface area contributed by atoms with Crippen molar-refractivity contribution in [2.24, 2.45) is 15.9 Å². The maximum atomic E-state index is 11.0. The fraction of sp³-hybridized carbons (Fsp3) is 0.512. The molecule has 0 bridgehead atoms. The van der Waals surface area contributed by atoms with Crippen molar-refractivity contribution in [1.29, 1.82) is 0 Å². The van der Waals surface area contributed by atoms with E-state index in [4.69, 9.17) is 4.99 Å². The van der Waals surface area contributed by atoms with E-state index in [0.717, 1.165) is 29.8 Å². The van der Waals surface area contributed by atoms with Gasteiger partial charge in [0.2, 0.25) is 0 Å². The van der Waals surface area contributed by atoms with E-state index in [-0.39, 0.29) is 5.78 Å². The molecule has 46 heavy (non-hydrogen) atoms. The quantitative estimate of drug-likeness (QED) is 0.265. The molecule has 5 rings (SSSR count). The molecule has 3 nitrogen and oxygen atoms in total. The van der Waals surface area contributed by atoms with Crippen molar-refractivity contribution in [3.8, 4) is 0 Å². The summed E-state index contributed by atoms with van der Waals surface area (Å²) in [6.07, 6.45) is 7.22. The minimum absolute atomic E-state index is 0.155. The highest BCUT2D eigenvalue weighted by Gasteiger charge is 2.29. The lowest BCUT2D eigenvalue weighted by molar-refractivity contribution is 0.101. The van der Waals surface area contributed by atoms with Crippen molar-refractivity contribution in [1.82, 2.24) is 0 Å². The summed E-state index contributed by atoms with van der Waals surface area (Å²) in [7, 11) is 0. The number of aliphatic imine (C=N–C) groups is 2. The van der Waals surface area contributed by atoms with Gasteiger partial charge in [-0.25, -0.2) is 4.99 Å². The van der Waals surface area contributed by atoms with Crippen molar-refractivity contribution < 1.29 is 4.79 Å². The average Bonchev–Trinajstić information content (AvgIpc) is 3.13. The normalized spacial score (nSPS) is 14.9. The van der Waals surface area contributed by atoms with Gasteiger partial charge in [0.15, 0.2) is 5.78 Å². The first-order valence-corrected chi connectivity index (χ1v) is 18.1. The molecule has 2 atom stereocenters. The number of hydrogen-bond acceptors (Lipinski definition) is 3. The summed E-state index contributed by atoms with van der Waals surface area (Å²) < 4.78 is 0. The van der Waals surface area contributed by atoms with Crippen molar-refractivity contribution in [3.63, 3.8) is 0 Å². The summed E-state index contributed by atoms with van der Waals surface area (Å²) in [4.78, 5) is 20.3. The zero-order chi connectivity index (χ0) is 35.8. The highest BCUT2D eigenvalue weighted by atomic mass is 16.1. The van der Waals surface area contributed by atoms with Crippen LogP contribution in [0.15, 0.2) is 94.9 Å². The Labute approximate surface area is 286 Å². The van der Waals surface area contributed by atoms with E-state index in [9.17, 15) is 4.79 Å². The second kappa shape index (κ2) is 33.0. The molecule has 0 spiro atoms. The van der Waals surface area contributed by atoms with E-state index in [1.807, 2.05) is 116 Å². The van der Waals surface area contributed by atoms with Gasteiger partial charge < -0.3 is 0 Å². The first-order chi connectivity index (χ1) is 22.3. The number of ketones is 1. The van der Waals surface area contributed by atoms with Gasteiger partial charge in [-0.1, -0.05) is 178 Å². The Morgan fingerprint density at radius 1 is 0.630 bits per heavy atom. The maximum absolute atomic E-state index is 11.0. The molecule has 0 aromatic heterocycles. The summed E-state index contributed by atoms with van der Waals surface area (Å²) in [5.74, 6) is 1.90. The molecule has 0 saturated heterocycles. The standard InChI is InChI=1S/C11H18N2.C10H12O.2C7H8.4C2H6/c1-3-11-12-8(2)9-6-4-5-7-10(9)13-11;1-3-9-6-4-5-7-10(9)8(2)11;2*1-7-5-3-2-4-6-7;4*1-2/h9-10H,3-7H2,1-2H3;4-7H,3H2,1-2H3;2*2-6H,1H3;4*1-2H3. The molecule has 0 N–H and O–H groups in total. The Hall–Kier alpha value is -3.33. The summed E-state index contributed by atoms with van der Waals surface area (Å²) in [6, 6.07) is 28.8. The van der Waals surface area contributed by atoms with Crippen LogP contribution < -0.4 is 0 Å². The lowest BCUT2D eigenvalue weighted by Crippen LogP contribution is -2.33. The van der Waals surface area contributed by atoms with Gasteiger partial charge in [0.05, 0.1) is 6.04 Å². The molecular formula is C43H70N2O. The van der Waals surface area contributed by atoms with E-state index in [1.54, 1.807) is 6.92 Å². The molecule has 3 aromatic rings. The number of aryl methyl sites for hydroxylation is 3. The summed E-state index contributed by atoms with van der Waals surface area (Å²) >= 11 is 0. The molecule has 0 amide bonds. The number of rotatable bonds is 3. The van der Waals surface area contributed by atoms with Gasteiger partial charge in [-0.05, 0) is 52.5 Å². The maximum Gasteiger partial charge on any atom is 0.160 e. The van der Waals surface area contributed by atoms with E-state index >= 15 is 0 Å². The fourth-order valence-electron chi connectivity index (χ4n) is 4.67. The monoisotopic (exact) mass is 631 g/mol. The molecule has 1 aliphatic carbocycles. The number of amidine groups is 1. The van der Waals surface area contributed by atoms with Crippen LogP contribution in [0.25, 0.3) is 0 Å².